The average molecular weight is 366 g/mol. The minimum absolute atomic E-state index is 0.0472. The standard InChI is InChI=1S/C21H26N4O2/c1-2-3-4-5-9-19(26)27-18-11-10-16(21(24)25)13-17(18)14-7-6-8-15(12-14)20(22)23/h6-8,10-13H,2-5,9H2,1H3,(H3,22,23)(H3,24,25). The summed E-state index contributed by atoms with van der Waals surface area (Å²) in [4.78, 5) is 12.2. The Balaban J connectivity index is 2.32. The van der Waals surface area contributed by atoms with E-state index in [2.05, 4.69) is 6.92 Å². The second-order valence-electron chi connectivity index (χ2n) is 6.40. The molecule has 0 saturated heterocycles. The van der Waals surface area contributed by atoms with E-state index in [4.69, 9.17) is 27.0 Å². The van der Waals surface area contributed by atoms with Crippen LogP contribution in [0.4, 0.5) is 0 Å². The van der Waals surface area contributed by atoms with Gasteiger partial charge in [0.15, 0.2) is 0 Å². The van der Waals surface area contributed by atoms with E-state index in [1.165, 1.54) is 0 Å². The number of ether oxygens (including phenoxy) is 1. The fraction of sp³-hybridized carbons (Fsp3) is 0.286. The molecule has 2 rings (SSSR count). The van der Waals surface area contributed by atoms with E-state index in [0.717, 1.165) is 31.2 Å². The van der Waals surface area contributed by atoms with Gasteiger partial charge in [0.25, 0.3) is 0 Å². The number of nitrogen functional groups attached to an aromatic ring is 2. The van der Waals surface area contributed by atoms with Crippen LogP contribution in [0, 0.1) is 10.8 Å². The molecule has 0 aromatic heterocycles. The molecule has 6 nitrogen and oxygen atoms in total. The Kier molecular flexibility index (Phi) is 7.11. The van der Waals surface area contributed by atoms with Gasteiger partial charge in [-0.2, -0.15) is 0 Å². The number of benzene rings is 2. The summed E-state index contributed by atoms with van der Waals surface area (Å²) < 4.78 is 5.58. The van der Waals surface area contributed by atoms with Crippen molar-refractivity contribution in [3.05, 3.63) is 53.6 Å². The molecule has 0 aliphatic heterocycles. The molecule has 0 unspecified atom stereocenters. The number of unbranched alkanes of at least 4 members (excludes halogenated alkanes) is 3. The highest BCUT2D eigenvalue weighted by Crippen LogP contribution is 2.32. The maximum atomic E-state index is 12.2. The zero-order valence-corrected chi connectivity index (χ0v) is 15.5. The van der Waals surface area contributed by atoms with Crippen LogP contribution in [0.3, 0.4) is 0 Å². The van der Waals surface area contributed by atoms with Crippen LogP contribution in [0.5, 0.6) is 5.75 Å². The van der Waals surface area contributed by atoms with Crippen LogP contribution in [0.1, 0.15) is 50.2 Å². The van der Waals surface area contributed by atoms with E-state index in [1.54, 1.807) is 36.4 Å². The lowest BCUT2D eigenvalue weighted by molar-refractivity contribution is -0.134. The third-order valence-electron chi connectivity index (χ3n) is 4.23. The van der Waals surface area contributed by atoms with Crippen molar-refractivity contribution in [3.8, 4) is 16.9 Å². The molecule has 0 amide bonds. The molecule has 27 heavy (non-hydrogen) atoms. The first kappa shape index (κ1) is 20.2. The Bertz CT molecular complexity index is 846. The molecule has 2 aromatic rings. The lowest BCUT2D eigenvalue weighted by atomic mass is 9.99. The molecule has 0 aliphatic carbocycles. The molecule has 0 heterocycles. The van der Waals surface area contributed by atoms with E-state index in [-0.39, 0.29) is 17.6 Å². The molecule has 0 spiro atoms. The Morgan fingerprint density at radius 1 is 0.963 bits per heavy atom. The van der Waals surface area contributed by atoms with Crippen LogP contribution in [0.15, 0.2) is 42.5 Å². The van der Waals surface area contributed by atoms with E-state index in [1.807, 2.05) is 6.07 Å². The summed E-state index contributed by atoms with van der Waals surface area (Å²) in [5.74, 6) is -0.00250. The monoisotopic (exact) mass is 366 g/mol. The second kappa shape index (κ2) is 9.52. The van der Waals surface area contributed by atoms with E-state index in [9.17, 15) is 4.79 Å². The summed E-state index contributed by atoms with van der Waals surface area (Å²) >= 11 is 0. The molecule has 0 saturated carbocycles. The highest BCUT2D eigenvalue weighted by atomic mass is 16.5. The molecule has 142 valence electrons. The van der Waals surface area contributed by atoms with Crippen molar-refractivity contribution in [2.24, 2.45) is 11.5 Å². The van der Waals surface area contributed by atoms with Crippen LogP contribution >= 0.6 is 0 Å². The van der Waals surface area contributed by atoms with Crippen molar-refractivity contribution in [3.63, 3.8) is 0 Å². The number of amidine groups is 2. The van der Waals surface area contributed by atoms with Crippen LogP contribution < -0.4 is 16.2 Å². The number of carbonyl (C=O) groups is 1. The molecule has 0 bridgehead atoms. The first-order chi connectivity index (χ1) is 12.9. The molecule has 0 fully saturated rings. The number of nitrogens with two attached hydrogens (primary N) is 2. The van der Waals surface area contributed by atoms with Crippen molar-refractivity contribution >= 4 is 17.6 Å². The molecule has 0 atom stereocenters. The van der Waals surface area contributed by atoms with Gasteiger partial charge in [0.1, 0.15) is 17.4 Å². The number of nitrogens with one attached hydrogen (secondary N) is 2. The minimum Gasteiger partial charge on any atom is -0.426 e. The third-order valence-corrected chi connectivity index (χ3v) is 4.23. The summed E-state index contributed by atoms with van der Waals surface area (Å²) in [6, 6.07) is 12.1. The number of carbonyl (C=O) groups excluding carboxylic acids is 1. The highest BCUT2D eigenvalue weighted by molar-refractivity contribution is 5.98. The average Bonchev–Trinajstić information content (AvgIpc) is 2.65. The second-order valence-corrected chi connectivity index (χ2v) is 6.40. The maximum Gasteiger partial charge on any atom is 0.311 e. The normalized spacial score (nSPS) is 10.4. The zero-order valence-electron chi connectivity index (χ0n) is 15.5. The number of rotatable bonds is 9. The lowest BCUT2D eigenvalue weighted by Gasteiger charge is -2.13. The van der Waals surface area contributed by atoms with Gasteiger partial charge in [-0.25, -0.2) is 0 Å². The quantitative estimate of drug-likeness (QED) is 0.177. The molecule has 0 aliphatic rings. The van der Waals surface area contributed by atoms with Crippen molar-refractivity contribution in [1.29, 1.82) is 10.8 Å². The summed E-state index contributed by atoms with van der Waals surface area (Å²) in [5, 5.41) is 15.3. The van der Waals surface area contributed by atoms with Crippen molar-refractivity contribution in [1.82, 2.24) is 0 Å². The van der Waals surface area contributed by atoms with Gasteiger partial charge in [0, 0.05) is 23.1 Å². The van der Waals surface area contributed by atoms with E-state index in [0.29, 0.717) is 28.9 Å². The van der Waals surface area contributed by atoms with Gasteiger partial charge in [-0.3, -0.25) is 15.6 Å². The topological polar surface area (TPSA) is 126 Å². The molecule has 2 aromatic carbocycles. The summed E-state index contributed by atoms with van der Waals surface area (Å²) in [5.41, 5.74) is 13.7. The maximum absolute atomic E-state index is 12.2. The third kappa shape index (κ3) is 5.67. The van der Waals surface area contributed by atoms with Crippen molar-refractivity contribution in [2.45, 2.75) is 39.0 Å². The SMILES string of the molecule is CCCCCCC(=O)Oc1ccc(C(=N)N)cc1-c1cccc(C(=N)N)c1. The fourth-order valence-corrected chi connectivity index (χ4v) is 2.74. The summed E-state index contributed by atoms with van der Waals surface area (Å²) in [6.45, 7) is 2.12. The first-order valence-corrected chi connectivity index (χ1v) is 9.06. The highest BCUT2D eigenvalue weighted by Gasteiger charge is 2.14. The van der Waals surface area contributed by atoms with Gasteiger partial charge >= 0.3 is 5.97 Å². The minimum atomic E-state index is -0.286. The zero-order chi connectivity index (χ0) is 19.8. The Morgan fingerprint density at radius 3 is 2.33 bits per heavy atom. The van der Waals surface area contributed by atoms with Gasteiger partial charge < -0.3 is 16.2 Å². The summed E-state index contributed by atoms with van der Waals surface area (Å²) in [7, 11) is 0. The number of esters is 1. The number of hydrogen-bond acceptors (Lipinski definition) is 4. The van der Waals surface area contributed by atoms with Crippen molar-refractivity contribution < 1.29 is 9.53 Å². The predicted octanol–water partition coefficient (Wildman–Crippen LogP) is 3.80. The van der Waals surface area contributed by atoms with E-state index < -0.39 is 0 Å². The fourth-order valence-electron chi connectivity index (χ4n) is 2.74. The van der Waals surface area contributed by atoms with Gasteiger partial charge in [-0.1, -0.05) is 44.4 Å². The predicted molar refractivity (Wildman–Crippen MR) is 108 cm³/mol. The number of hydrogen-bond donors (Lipinski definition) is 4. The van der Waals surface area contributed by atoms with Crippen LogP contribution in [0.25, 0.3) is 11.1 Å². The summed E-state index contributed by atoms with van der Waals surface area (Å²) in [6.07, 6.45) is 4.37. The Hall–Kier alpha value is -3.15. The van der Waals surface area contributed by atoms with Crippen molar-refractivity contribution in [2.75, 3.05) is 0 Å². The Morgan fingerprint density at radius 2 is 1.67 bits per heavy atom. The van der Waals surface area contributed by atoms with E-state index >= 15 is 0 Å². The lowest BCUT2D eigenvalue weighted by Crippen LogP contribution is -2.13. The van der Waals surface area contributed by atoms with Crippen LogP contribution in [0.2, 0.25) is 0 Å². The smallest absolute Gasteiger partial charge is 0.311 e. The molecular weight excluding hydrogens is 340 g/mol. The van der Waals surface area contributed by atoms with Gasteiger partial charge in [0.2, 0.25) is 0 Å². The van der Waals surface area contributed by atoms with Gasteiger partial charge in [-0.15, -0.1) is 0 Å². The molecule has 6 heteroatoms. The molecular formula is C21H26N4O2. The molecule has 0 radical (unpaired) electrons. The van der Waals surface area contributed by atoms with Gasteiger partial charge in [-0.05, 0) is 36.2 Å². The van der Waals surface area contributed by atoms with Crippen LogP contribution in [-0.4, -0.2) is 17.6 Å². The van der Waals surface area contributed by atoms with Crippen LogP contribution in [-0.2, 0) is 4.79 Å². The largest absolute Gasteiger partial charge is 0.426 e. The Labute approximate surface area is 159 Å². The molecule has 6 N–H and O–H groups in total. The first-order valence-electron chi connectivity index (χ1n) is 9.06. The van der Waals surface area contributed by atoms with Gasteiger partial charge in [0.05, 0.1) is 0 Å².